The summed E-state index contributed by atoms with van der Waals surface area (Å²) >= 11 is 0. The number of hydrogen-bond donors (Lipinski definition) is 0. The maximum absolute atomic E-state index is 2.41. The minimum atomic E-state index is 0.995. The minimum absolute atomic E-state index is 0.995. The summed E-state index contributed by atoms with van der Waals surface area (Å²) in [4.78, 5) is 0. The average molecular weight is 353 g/mol. The second-order valence-corrected chi connectivity index (χ2v) is 8.86. The molecule has 1 rings (SSSR count). The van der Waals surface area contributed by atoms with E-state index in [0.717, 1.165) is 6.04 Å². The molecule has 1 saturated carbocycles. The van der Waals surface area contributed by atoms with Gasteiger partial charge >= 0.3 is 0 Å². The highest BCUT2D eigenvalue weighted by molar-refractivity contribution is 4.68. The highest BCUT2D eigenvalue weighted by Gasteiger charge is 2.35. The number of hydrogen-bond acceptors (Lipinski definition) is 0. The molecule has 150 valence electrons. The Morgan fingerprint density at radius 1 is 0.520 bits per heavy atom. The lowest BCUT2D eigenvalue weighted by Gasteiger charge is -2.47. The maximum atomic E-state index is 2.41. The molecule has 1 heteroatoms. The SMILES string of the molecule is CCCCCCCCCCC[N+](CCC)(CCCC)C1CCCCC1. The normalized spacial score (nSPS) is 18.4. The van der Waals surface area contributed by atoms with Gasteiger partial charge in [-0.2, -0.15) is 0 Å². The fourth-order valence-electron chi connectivity index (χ4n) is 5.17. The van der Waals surface area contributed by atoms with Crippen molar-refractivity contribution >= 4 is 0 Å². The van der Waals surface area contributed by atoms with E-state index in [1.807, 2.05) is 0 Å². The van der Waals surface area contributed by atoms with Gasteiger partial charge in [0.25, 0.3) is 0 Å². The van der Waals surface area contributed by atoms with Gasteiger partial charge in [-0.3, -0.25) is 0 Å². The first kappa shape index (κ1) is 23.0. The number of unbranched alkanes of at least 4 members (excludes halogenated alkanes) is 9. The van der Waals surface area contributed by atoms with Crippen LogP contribution >= 0.6 is 0 Å². The van der Waals surface area contributed by atoms with E-state index < -0.39 is 0 Å². The van der Waals surface area contributed by atoms with Gasteiger partial charge in [-0.05, 0) is 51.4 Å². The van der Waals surface area contributed by atoms with Gasteiger partial charge < -0.3 is 4.48 Å². The van der Waals surface area contributed by atoms with Gasteiger partial charge in [0.05, 0.1) is 25.7 Å². The van der Waals surface area contributed by atoms with Gasteiger partial charge in [-0.15, -0.1) is 0 Å². The molecule has 0 aliphatic heterocycles. The predicted octanol–water partition coefficient (Wildman–Crippen LogP) is 7.88. The summed E-state index contributed by atoms with van der Waals surface area (Å²) < 4.78 is 1.49. The summed E-state index contributed by atoms with van der Waals surface area (Å²) in [6.07, 6.45) is 24.9. The van der Waals surface area contributed by atoms with Crippen molar-refractivity contribution in [2.24, 2.45) is 0 Å². The van der Waals surface area contributed by atoms with Crippen LogP contribution in [0.25, 0.3) is 0 Å². The minimum Gasteiger partial charge on any atom is -0.321 e. The van der Waals surface area contributed by atoms with Gasteiger partial charge in [0.1, 0.15) is 0 Å². The Kier molecular flexibility index (Phi) is 13.9. The Morgan fingerprint density at radius 2 is 1.04 bits per heavy atom. The van der Waals surface area contributed by atoms with Gasteiger partial charge in [0.15, 0.2) is 0 Å². The Balaban J connectivity index is 2.36. The fourth-order valence-corrected chi connectivity index (χ4v) is 5.17. The van der Waals surface area contributed by atoms with Crippen LogP contribution in [0, 0.1) is 0 Å². The topological polar surface area (TPSA) is 0 Å². The molecule has 1 unspecified atom stereocenters. The molecule has 0 aromatic rings. The van der Waals surface area contributed by atoms with E-state index in [2.05, 4.69) is 20.8 Å². The molecular formula is C24H50N+. The van der Waals surface area contributed by atoms with Crippen molar-refractivity contribution in [1.29, 1.82) is 0 Å². The van der Waals surface area contributed by atoms with E-state index in [1.165, 1.54) is 133 Å². The Morgan fingerprint density at radius 3 is 1.60 bits per heavy atom. The van der Waals surface area contributed by atoms with Crippen molar-refractivity contribution in [2.75, 3.05) is 19.6 Å². The molecule has 1 aliphatic rings. The van der Waals surface area contributed by atoms with Crippen LogP contribution in [-0.2, 0) is 0 Å². The van der Waals surface area contributed by atoms with Crippen LogP contribution in [0.3, 0.4) is 0 Å². The van der Waals surface area contributed by atoms with Gasteiger partial charge in [-0.1, -0.05) is 78.6 Å². The quantitative estimate of drug-likeness (QED) is 0.196. The standard InChI is InChI=1S/C24H50N/c1-4-7-9-10-11-12-13-14-18-23-25(21-6-3,22-8-5-2)24-19-16-15-17-20-24/h24H,4-23H2,1-3H3/q+1. The van der Waals surface area contributed by atoms with E-state index in [1.54, 1.807) is 0 Å². The van der Waals surface area contributed by atoms with Crippen LogP contribution in [-0.4, -0.2) is 30.2 Å². The lowest BCUT2D eigenvalue weighted by atomic mass is 9.91. The second-order valence-electron chi connectivity index (χ2n) is 8.86. The molecule has 0 spiro atoms. The van der Waals surface area contributed by atoms with Crippen LogP contribution in [0.1, 0.15) is 130 Å². The fraction of sp³-hybridized carbons (Fsp3) is 1.00. The molecule has 25 heavy (non-hydrogen) atoms. The summed E-state index contributed by atoms with van der Waals surface area (Å²) in [5.74, 6) is 0. The first-order chi connectivity index (χ1) is 12.3. The molecule has 0 aromatic carbocycles. The van der Waals surface area contributed by atoms with Crippen LogP contribution in [0.4, 0.5) is 0 Å². The molecule has 1 aliphatic carbocycles. The summed E-state index contributed by atoms with van der Waals surface area (Å²) in [5, 5.41) is 0. The van der Waals surface area contributed by atoms with Crippen LogP contribution < -0.4 is 0 Å². The second kappa shape index (κ2) is 15.1. The first-order valence-corrected chi connectivity index (χ1v) is 12.1. The van der Waals surface area contributed by atoms with Crippen molar-refractivity contribution < 1.29 is 4.48 Å². The van der Waals surface area contributed by atoms with Gasteiger partial charge in [-0.25, -0.2) is 0 Å². The third-order valence-electron chi connectivity index (χ3n) is 6.68. The number of nitrogens with zero attached hydrogens (tertiary/aromatic N) is 1. The maximum Gasteiger partial charge on any atom is 0.0890 e. The summed E-state index contributed by atoms with van der Waals surface area (Å²) in [7, 11) is 0. The van der Waals surface area contributed by atoms with E-state index in [0.29, 0.717) is 0 Å². The smallest absolute Gasteiger partial charge is 0.0890 e. The molecule has 0 aromatic heterocycles. The molecule has 1 nitrogen and oxygen atoms in total. The van der Waals surface area contributed by atoms with Crippen molar-refractivity contribution in [3.63, 3.8) is 0 Å². The highest BCUT2D eigenvalue weighted by Crippen LogP contribution is 2.30. The molecule has 0 amide bonds. The zero-order valence-electron chi connectivity index (χ0n) is 18.2. The molecule has 0 radical (unpaired) electrons. The lowest BCUT2D eigenvalue weighted by molar-refractivity contribution is -0.953. The van der Waals surface area contributed by atoms with Crippen molar-refractivity contribution in [1.82, 2.24) is 0 Å². The van der Waals surface area contributed by atoms with E-state index in [9.17, 15) is 0 Å². The van der Waals surface area contributed by atoms with Gasteiger partial charge in [0, 0.05) is 0 Å². The molecular weight excluding hydrogens is 302 g/mol. The number of quaternary nitrogens is 1. The molecule has 1 atom stereocenters. The molecule has 0 bridgehead atoms. The van der Waals surface area contributed by atoms with Crippen molar-refractivity contribution in [3.8, 4) is 0 Å². The van der Waals surface area contributed by atoms with Crippen LogP contribution in [0.5, 0.6) is 0 Å². The molecule has 0 saturated heterocycles. The van der Waals surface area contributed by atoms with E-state index in [4.69, 9.17) is 0 Å². The van der Waals surface area contributed by atoms with Crippen LogP contribution in [0.2, 0.25) is 0 Å². The number of rotatable bonds is 16. The first-order valence-electron chi connectivity index (χ1n) is 12.1. The molecule has 0 heterocycles. The zero-order chi connectivity index (χ0) is 18.2. The predicted molar refractivity (Wildman–Crippen MR) is 114 cm³/mol. The lowest BCUT2D eigenvalue weighted by Crippen LogP contribution is -2.57. The summed E-state index contributed by atoms with van der Waals surface area (Å²) in [5.41, 5.74) is 0. The van der Waals surface area contributed by atoms with E-state index >= 15 is 0 Å². The monoisotopic (exact) mass is 352 g/mol. The Labute approximate surface area is 160 Å². The van der Waals surface area contributed by atoms with Crippen LogP contribution in [0.15, 0.2) is 0 Å². The Hall–Kier alpha value is -0.0400. The largest absolute Gasteiger partial charge is 0.321 e. The zero-order valence-corrected chi connectivity index (χ0v) is 18.2. The summed E-state index contributed by atoms with van der Waals surface area (Å²) in [6.45, 7) is 11.5. The van der Waals surface area contributed by atoms with E-state index in [-0.39, 0.29) is 0 Å². The highest BCUT2D eigenvalue weighted by atomic mass is 15.4. The van der Waals surface area contributed by atoms with Crippen molar-refractivity contribution in [2.45, 2.75) is 136 Å². The third kappa shape index (κ3) is 9.45. The summed E-state index contributed by atoms with van der Waals surface area (Å²) in [6, 6.07) is 0.995. The average Bonchev–Trinajstić information content (AvgIpc) is 2.65. The van der Waals surface area contributed by atoms with Gasteiger partial charge in [0.2, 0.25) is 0 Å². The molecule has 1 fully saturated rings. The third-order valence-corrected chi connectivity index (χ3v) is 6.68. The van der Waals surface area contributed by atoms with Crippen molar-refractivity contribution in [3.05, 3.63) is 0 Å². The Bertz CT molecular complexity index is 282. The molecule has 0 N–H and O–H groups in total.